The zero-order chi connectivity index (χ0) is 74.0. The Morgan fingerprint density at radius 2 is 0.529 bits per heavy atom. The van der Waals surface area contributed by atoms with E-state index in [2.05, 4.69) is 220 Å². The summed E-state index contributed by atoms with van der Waals surface area (Å²) in [4.78, 5) is 36.0. The number of likely N-dealkylation sites (N-methyl/N-ethyl adjacent to an activating group) is 1. The summed E-state index contributed by atoms with van der Waals surface area (Å²) in [7, 11) is 1.44. The van der Waals surface area contributed by atoms with Crippen LogP contribution in [0.3, 0.4) is 0 Å². The molecule has 0 aliphatic rings. The van der Waals surface area contributed by atoms with Crippen LogP contribution in [0.5, 0.6) is 0 Å². The molecule has 0 bridgehead atoms. The van der Waals surface area contributed by atoms with Gasteiger partial charge >= 0.3 is 19.8 Å². The number of esters is 2. The highest BCUT2D eigenvalue weighted by Gasteiger charge is 2.27. The van der Waals surface area contributed by atoms with Crippen LogP contribution in [-0.4, -0.2) is 74.9 Å². The van der Waals surface area contributed by atoms with Crippen LogP contribution in [0.1, 0.15) is 309 Å². The number of carbonyl (C=O) groups excluding carboxylic acids is 2. The molecular weight excluding hydrogens is 1280 g/mol. The molecule has 0 saturated heterocycles. The van der Waals surface area contributed by atoms with Gasteiger partial charge in [-0.25, -0.2) is 4.57 Å². The van der Waals surface area contributed by atoms with E-state index in [0.717, 1.165) is 148 Å². The van der Waals surface area contributed by atoms with Crippen molar-refractivity contribution in [1.82, 2.24) is 0 Å². The van der Waals surface area contributed by atoms with Gasteiger partial charge in [-0.2, -0.15) is 0 Å². The summed E-state index contributed by atoms with van der Waals surface area (Å²) < 4.78 is 34.8. The van der Waals surface area contributed by atoms with Gasteiger partial charge < -0.3 is 18.9 Å². The van der Waals surface area contributed by atoms with Crippen LogP contribution >= 0.6 is 7.82 Å². The minimum atomic E-state index is -4.42. The fraction of sp³-hybridized carbons (Fsp3) is 0.609. The van der Waals surface area contributed by atoms with Gasteiger partial charge in [0.15, 0.2) is 6.10 Å². The first-order chi connectivity index (χ1) is 50.0. The fourth-order valence-electron chi connectivity index (χ4n) is 10.7. The van der Waals surface area contributed by atoms with Crippen LogP contribution in [0.15, 0.2) is 207 Å². The Morgan fingerprint density at radius 1 is 0.304 bits per heavy atom. The largest absolute Gasteiger partial charge is 0.472 e. The highest BCUT2D eigenvalue weighted by Crippen LogP contribution is 2.43. The van der Waals surface area contributed by atoms with Crippen molar-refractivity contribution in [2.75, 3.05) is 47.5 Å². The highest BCUT2D eigenvalue weighted by molar-refractivity contribution is 7.47. The lowest BCUT2D eigenvalue weighted by Crippen LogP contribution is -2.37. The van der Waals surface area contributed by atoms with Crippen molar-refractivity contribution in [1.29, 1.82) is 0 Å². The number of quaternary nitrogens is 1. The van der Waals surface area contributed by atoms with E-state index in [0.29, 0.717) is 17.4 Å². The van der Waals surface area contributed by atoms with E-state index in [-0.39, 0.29) is 32.0 Å². The number of phosphoric ester groups is 1. The van der Waals surface area contributed by atoms with Crippen LogP contribution < -0.4 is 0 Å². The predicted octanol–water partition coefficient (Wildman–Crippen LogP) is 27.7. The molecule has 0 aromatic carbocycles. The lowest BCUT2D eigenvalue weighted by atomic mass is 10.0. The van der Waals surface area contributed by atoms with E-state index >= 15 is 0 Å². The van der Waals surface area contributed by atoms with Crippen LogP contribution in [0.2, 0.25) is 0 Å². The number of ether oxygens (including phenoxy) is 2. The van der Waals surface area contributed by atoms with E-state index in [4.69, 9.17) is 18.5 Å². The van der Waals surface area contributed by atoms with Gasteiger partial charge in [-0.05, 0) is 148 Å². The van der Waals surface area contributed by atoms with Crippen LogP contribution in [0.25, 0.3) is 0 Å². The summed E-state index contributed by atoms with van der Waals surface area (Å²) in [5.41, 5.74) is 0. The molecule has 0 heterocycles. The van der Waals surface area contributed by atoms with Crippen molar-refractivity contribution >= 4 is 19.8 Å². The van der Waals surface area contributed by atoms with Crippen LogP contribution in [0.4, 0.5) is 0 Å². The molecular formula is C92H151NO8P+. The quantitative estimate of drug-likeness (QED) is 0.0211. The number of nitrogens with zero attached hydrogens (tertiary/aromatic N) is 1. The van der Waals surface area contributed by atoms with Gasteiger partial charge in [-0.15, -0.1) is 0 Å². The molecule has 0 aromatic heterocycles. The van der Waals surface area contributed by atoms with E-state index in [1.54, 1.807) is 0 Å². The number of rotatable bonds is 73. The molecule has 0 saturated carbocycles. The normalized spacial score (nSPS) is 14.1. The Morgan fingerprint density at radius 3 is 0.794 bits per heavy atom. The van der Waals surface area contributed by atoms with Crippen molar-refractivity contribution in [3.05, 3.63) is 207 Å². The second-order valence-electron chi connectivity index (χ2n) is 27.7. The summed E-state index contributed by atoms with van der Waals surface area (Å²) in [6.45, 7) is 4.17. The van der Waals surface area contributed by atoms with Gasteiger partial charge in [-0.3, -0.25) is 18.6 Å². The molecule has 0 rings (SSSR count). The van der Waals surface area contributed by atoms with Crippen LogP contribution in [-0.2, 0) is 32.7 Å². The molecule has 576 valence electrons. The third-order valence-electron chi connectivity index (χ3n) is 16.8. The highest BCUT2D eigenvalue weighted by atomic mass is 31.2. The topological polar surface area (TPSA) is 108 Å². The second kappa shape index (κ2) is 79.7. The molecule has 0 aliphatic heterocycles. The summed E-state index contributed by atoms with van der Waals surface area (Å²) in [6, 6.07) is 0. The summed E-state index contributed by atoms with van der Waals surface area (Å²) >= 11 is 0. The van der Waals surface area contributed by atoms with Crippen molar-refractivity contribution < 1.29 is 42.1 Å². The predicted molar refractivity (Wildman–Crippen MR) is 445 cm³/mol. The molecule has 0 amide bonds. The molecule has 10 heteroatoms. The zero-order valence-corrected chi connectivity index (χ0v) is 66.7. The molecule has 0 aliphatic carbocycles. The average molecular weight is 1430 g/mol. The number of unbranched alkanes of at least 4 members (excludes halogenated alkanes) is 25. The first-order valence-electron chi connectivity index (χ1n) is 40.8. The maximum atomic E-state index is 12.9. The first kappa shape index (κ1) is 96.6. The smallest absolute Gasteiger partial charge is 0.462 e. The molecule has 1 N–H and O–H groups in total. The number of hydrogen-bond acceptors (Lipinski definition) is 7. The third kappa shape index (κ3) is 83.5. The minimum absolute atomic E-state index is 0.0161. The van der Waals surface area contributed by atoms with E-state index < -0.39 is 26.5 Å². The van der Waals surface area contributed by atoms with Gasteiger partial charge in [0.2, 0.25) is 0 Å². The van der Waals surface area contributed by atoms with Gasteiger partial charge in [-0.1, -0.05) is 355 Å². The van der Waals surface area contributed by atoms with Crippen molar-refractivity contribution in [2.24, 2.45) is 0 Å². The molecule has 2 unspecified atom stereocenters. The summed E-state index contributed by atoms with van der Waals surface area (Å²) in [6.07, 6.45) is 125. The number of hydrogen-bond donors (Lipinski definition) is 1. The van der Waals surface area contributed by atoms with Crippen LogP contribution in [0, 0.1) is 0 Å². The molecule has 2 atom stereocenters. The maximum absolute atomic E-state index is 12.9. The number of phosphoric acid groups is 1. The van der Waals surface area contributed by atoms with E-state index in [1.807, 2.05) is 21.1 Å². The van der Waals surface area contributed by atoms with Gasteiger partial charge in [0.25, 0.3) is 0 Å². The average Bonchev–Trinajstić information content (AvgIpc) is 0.913. The first-order valence-corrected chi connectivity index (χ1v) is 42.3. The fourth-order valence-corrected chi connectivity index (χ4v) is 11.4. The molecule has 0 radical (unpaired) electrons. The molecule has 102 heavy (non-hydrogen) atoms. The summed E-state index contributed by atoms with van der Waals surface area (Å²) in [5.74, 6) is -0.840. The molecule has 0 aromatic rings. The van der Waals surface area contributed by atoms with Gasteiger partial charge in [0.1, 0.15) is 19.8 Å². The molecule has 9 nitrogen and oxygen atoms in total. The summed E-state index contributed by atoms with van der Waals surface area (Å²) in [5, 5.41) is 0. The SMILES string of the molecule is CC/C=C\C/C=C\C/C=C\C/C=C\C/C=C\C/C=C\C/C=C\C/C=C\C/C=C\C/C=C\C/C=C\CCCCCC(=O)OC(COC(=O)CCCCCCCCCCCCCCCCCCCCCCCC/C=C\C/C=C\C/C=C\C/C=C\C/C=C\C/C=C\CC)COP(=O)(O)OCC[N+](C)(C)C. The Labute approximate surface area is 627 Å². The molecule has 0 spiro atoms. The number of carbonyl (C=O) groups is 2. The van der Waals surface area contributed by atoms with E-state index in [1.165, 1.54) is 128 Å². The standard InChI is InChI=1S/C92H150NO8P/c1-6-8-10-12-14-16-18-20-22-24-26-28-30-32-34-36-38-40-42-44-45-46-47-49-50-52-54-56-58-60-62-64-66-68-70-72-74-76-78-80-82-84-91(94)98-88-90(89-100-102(96,97)99-87-86-93(3,4)5)101-92(95)85-83-81-79-77-75-73-71-69-67-65-63-61-59-57-55-53-51-48-43-41-39-37-35-33-31-29-27-25-23-21-19-17-15-13-11-9-7-2/h8-11,14-17,20-23,26-29,32-35,38-41,48,51,55,57,61,63,67,69,73,75,90H,6-7,12-13,18-19,24-25,30-31,36-37,42-47,49-50,52-54,56,58-60,62,64-66,68,70-72,74,76-89H2,1-5H3/p+1/b10-8-,11-9-,16-14-,17-15-,22-20-,23-21-,28-26-,29-27-,34-32-,35-33-,40-38-,41-39-,51-48-,57-55-,63-61-,69-67-,75-73-. The Bertz CT molecular complexity index is 2480. The van der Waals surface area contributed by atoms with Gasteiger partial charge in [0.05, 0.1) is 27.7 Å². The monoisotopic (exact) mass is 1430 g/mol. The second-order valence-corrected chi connectivity index (χ2v) is 29.1. The van der Waals surface area contributed by atoms with Crippen molar-refractivity contribution in [3.63, 3.8) is 0 Å². The lowest BCUT2D eigenvalue weighted by molar-refractivity contribution is -0.870. The maximum Gasteiger partial charge on any atom is 0.472 e. The Kier molecular flexibility index (Phi) is 75.5. The minimum Gasteiger partial charge on any atom is -0.462 e. The van der Waals surface area contributed by atoms with Crippen molar-refractivity contribution in [3.8, 4) is 0 Å². The lowest BCUT2D eigenvalue weighted by Gasteiger charge is -2.24. The van der Waals surface area contributed by atoms with E-state index in [9.17, 15) is 19.0 Å². The Balaban J connectivity index is 4.06. The zero-order valence-electron chi connectivity index (χ0n) is 65.8. The third-order valence-corrected chi connectivity index (χ3v) is 17.8. The Hall–Kier alpha value is -5.41. The number of allylic oxidation sites excluding steroid dienone is 34. The van der Waals surface area contributed by atoms with Crippen molar-refractivity contribution in [2.45, 2.75) is 315 Å². The molecule has 0 fully saturated rings. The van der Waals surface area contributed by atoms with Gasteiger partial charge in [0, 0.05) is 12.8 Å².